The minimum Gasteiger partial charge on any atom is -0.308 e. The smallest absolute Gasteiger partial charge is 0.308 e. The number of H-pyrrole nitrogens is 1. The average molecular weight is 375 g/mol. The van der Waals surface area contributed by atoms with E-state index in [1.165, 1.54) is 32.4 Å². The van der Waals surface area contributed by atoms with Crippen molar-refractivity contribution in [1.82, 2.24) is 15.1 Å². The van der Waals surface area contributed by atoms with Crippen molar-refractivity contribution in [3.05, 3.63) is 54.2 Å². The third-order valence-corrected chi connectivity index (χ3v) is 6.09. The molecule has 2 unspecified atom stereocenters. The molecule has 2 fully saturated rings. The molecule has 3 heterocycles. The molecule has 3 aromatic rings. The van der Waals surface area contributed by atoms with Crippen molar-refractivity contribution in [2.24, 2.45) is 0 Å². The summed E-state index contributed by atoms with van der Waals surface area (Å²) < 4.78 is 0. The highest BCUT2D eigenvalue weighted by Gasteiger charge is 2.33. The summed E-state index contributed by atoms with van der Waals surface area (Å²) in [6, 6.07) is 15.9. The van der Waals surface area contributed by atoms with Gasteiger partial charge in [-0.25, -0.2) is 4.79 Å². The number of nitrogens with zero attached hydrogens (tertiary/aromatic N) is 2. The number of nitrogens with one attached hydrogen (secondary N) is 3. The summed E-state index contributed by atoms with van der Waals surface area (Å²) in [7, 11) is 0. The zero-order valence-electron chi connectivity index (χ0n) is 15.8. The highest BCUT2D eigenvalue weighted by molar-refractivity contribution is 6.01. The molecule has 0 spiro atoms. The largest absolute Gasteiger partial charge is 0.323 e. The zero-order valence-corrected chi connectivity index (χ0v) is 15.8. The SMILES string of the molecule is O=C(Nc1ccccc1)Nc1ccc2[nH]nc(C3CCN4CCCC4C3)c2c1. The standard InChI is InChI=1S/C22H25N5O/c28-22(23-16-5-2-1-3-6-16)24-17-8-9-20-19(14-17)21(26-25-20)15-10-12-27-11-4-7-18(27)13-15/h1-3,5-6,8-9,14-15,18H,4,7,10-13H2,(H,25,26)(H2,23,24,28). The van der Waals surface area contributed by atoms with Gasteiger partial charge in [0.25, 0.3) is 0 Å². The van der Waals surface area contributed by atoms with E-state index < -0.39 is 0 Å². The molecular weight excluding hydrogens is 350 g/mol. The molecule has 6 heteroatoms. The quantitative estimate of drug-likeness (QED) is 0.629. The van der Waals surface area contributed by atoms with E-state index in [0.29, 0.717) is 12.0 Å². The lowest BCUT2D eigenvalue weighted by atomic mass is 9.87. The number of fused-ring (bicyclic) bond motifs is 2. The van der Waals surface area contributed by atoms with Crippen molar-refractivity contribution in [2.45, 2.75) is 37.6 Å². The fourth-order valence-corrected chi connectivity index (χ4v) is 4.71. The van der Waals surface area contributed by atoms with Crippen molar-refractivity contribution in [3.8, 4) is 0 Å². The fraction of sp³-hybridized carbons (Fsp3) is 0.364. The van der Waals surface area contributed by atoms with Gasteiger partial charge in [0.05, 0.1) is 11.2 Å². The first-order chi connectivity index (χ1) is 13.8. The molecule has 3 N–H and O–H groups in total. The summed E-state index contributed by atoms with van der Waals surface area (Å²) >= 11 is 0. The van der Waals surface area contributed by atoms with Gasteiger partial charge >= 0.3 is 6.03 Å². The molecular formula is C22H25N5O. The van der Waals surface area contributed by atoms with Crippen molar-refractivity contribution in [3.63, 3.8) is 0 Å². The average Bonchev–Trinajstić information content (AvgIpc) is 3.34. The molecule has 144 valence electrons. The molecule has 2 aromatic carbocycles. The number of benzene rings is 2. The first kappa shape index (κ1) is 17.3. The number of anilines is 2. The monoisotopic (exact) mass is 375 g/mol. The van der Waals surface area contributed by atoms with E-state index in [4.69, 9.17) is 0 Å². The Kier molecular flexibility index (Phi) is 4.49. The van der Waals surface area contributed by atoms with Crippen molar-refractivity contribution >= 4 is 28.3 Å². The van der Waals surface area contributed by atoms with Crippen molar-refractivity contribution in [2.75, 3.05) is 23.7 Å². The van der Waals surface area contributed by atoms with Crippen LogP contribution in [-0.2, 0) is 0 Å². The Hall–Kier alpha value is -2.86. The van der Waals surface area contributed by atoms with Gasteiger partial charge in [0.2, 0.25) is 0 Å². The Labute approximate surface area is 164 Å². The van der Waals surface area contributed by atoms with E-state index in [9.17, 15) is 4.79 Å². The number of aromatic nitrogens is 2. The van der Waals surface area contributed by atoms with Crippen LogP contribution in [0.15, 0.2) is 48.5 Å². The van der Waals surface area contributed by atoms with Gasteiger partial charge in [-0.05, 0) is 69.1 Å². The zero-order chi connectivity index (χ0) is 18.9. The lowest BCUT2D eigenvalue weighted by molar-refractivity contribution is 0.180. The molecule has 2 amide bonds. The lowest BCUT2D eigenvalue weighted by Crippen LogP contribution is -2.37. The number of amides is 2. The van der Waals surface area contributed by atoms with Crippen LogP contribution in [-0.4, -0.2) is 40.3 Å². The number of piperidine rings is 1. The maximum atomic E-state index is 12.3. The molecule has 28 heavy (non-hydrogen) atoms. The Morgan fingerprint density at radius 3 is 2.79 bits per heavy atom. The second kappa shape index (κ2) is 7.28. The second-order valence-electron chi connectivity index (χ2n) is 7.87. The minimum absolute atomic E-state index is 0.241. The van der Waals surface area contributed by atoms with Crippen LogP contribution in [0.3, 0.4) is 0 Å². The molecule has 6 nitrogen and oxygen atoms in total. The summed E-state index contributed by atoms with van der Waals surface area (Å²) in [5, 5.41) is 14.7. The van der Waals surface area contributed by atoms with Crippen LogP contribution >= 0.6 is 0 Å². The van der Waals surface area contributed by atoms with E-state index in [1.54, 1.807) is 0 Å². The molecule has 2 saturated heterocycles. The molecule has 2 aliphatic rings. The molecule has 0 saturated carbocycles. The number of hydrogen-bond acceptors (Lipinski definition) is 3. The fourth-order valence-electron chi connectivity index (χ4n) is 4.71. The van der Waals surface area contributed by atoms with Gasteiger partial charge in [-0.3, -0.25) is 5.10 Å². The molecule has 2 aliphatic heterocycles. The van der Waals surface area contributed by atoms with E-state index in [1.807, 2.05) is 48.5 Å². The van der Waals surface area contributed by atoms with Gasteiger partial charge in [0.15, 0.2) is 0 Å². The van der Waals surface area contributed by atoms with Crippen LogP contribution in [0.25, 0.3) is 10.9 Å². The first-order valence-corrected chi connectivity index (χ1v) is 10.1. The molecule has 0 aliphatic carbocycles. The highest BCUT2D eigenvalue weighted by Crippen LogP contribution is 2.38. The molecule has 2 atom stereocenters. The normalized spacial score (nSPS) is 22.1. The second-order valence-corrected chi connectivity index (χ2v) is 7.87. The predicted molar refractivity (Wildman–Crippen MR) is 112 cm³/mol. The summed E-state index contributed by atoms with van der Waals surface area (Å²) in [5.74, 6) is 0.487. The molecule has 0 bridgehead atoms. The Morgan fingerprint density at radius 2 is 1.89 bits per heavy atom. The van der Waals surface area contributed by atoms with Gasteiger partial charge in [0, 0.05) is 28.7 Å². The van der Waals surface area contributed by atoms with Gasteiger partial charge in [0.1, 0.15) is 0 Å². The number of rotatable bonds is 3. The van der Waals surface area contributed by atoms with E-state index >= 15 is 0 Å². The number of para-hydroxylation sites is 1. The van der Waals surface area contributed by atoms with Crippen LogP contribution in [0.1, 0.15) is 37.3 Å². The number of aromatic amines is 1. The summed E-state index contributed by atoms with van der Waals surface area (Å²) in [4.78, 5) is 14.9. The van der Waals surface area contributed by atoms with Crippen LogP contribution < -0.4 is 10.6 Å². The minimum atomic E-state index is -0.241. The van der Waals surface area contributed by atoms with Gasteiger partial charge in [-0.15, -0.1) is 0 Å². The number of hydrogen-bond donors (Lipinski definition) is 3. The van der Waals surface area contributed by atoms with Gasteiger partial charge < -0.3 is 15.5 Å². The summed E-state index contributed by atoms with van der Waals surface area (Å²) in [5.41, 5.74) is 3.72. The topological polar surface area (TPSA) is 73.0 Å². The Balaban J connectivity index is 1.34. The van der Waals surface area contributed by atoms with Gasteiger partial charge in [-0.2, -0.15) is 5.10 Å². The number of carbonyl (C=O) groups excluding carboxylic acids is 1. The van der Waals surface area contributed by atoms with Crippen LogP contribution in [0, 0.1) is 0 Å². The molecule has 5 rings (SSSR count). The van der Waals surface area contributed by atoms with E-state index in [-0.39, 0.29) is 6.03 Å². The van der Waals surface area contributed by atoms with E-state index in [2.05, 4.69) is 25.7 Å². The van der Waals surface area contributed by atoms with Crippen LogP contribution in [0.2, 0.25) is 0 Å². The van der Waals surface area contributed by atoms with Gasteiger partial charge in [-0.1, -0.05) is 18.2 Å². The maximum Gasteiger partial charge on any atom is 0.323 e. The Bertz CT molecular complexity index is 983. The molecule has 1 aromatic heterocycles. The Morgan fingerprint density at radius 1 is 1.04 bits per heavy atom. The maximum absolute atomic E-state index is 12.3. The van der Waals surface area contributed by atoms with Crippen LogP contribution in [0.4, 0.5) is 16.2 Å². The lowest BCUT2D eigenvalue weighted by Gasteiger charge is -2.34. The number of carbonyl (C=O) groups is 1. The third-order valence-electron chi connectivity index (χ3n) is 6.09. The molecule has 0 radical (unpaired) electrons. The predicted octanol–water partition coefficient (Wildman–Crippen LogP) is 4.55. The van der Waals surface area contributed by atoms with Crippen molar-refractivity contribution in [1.29, 1.82) is 0 Å². The van der Waals surface area contributed by atoms with Crippen LogP contribution in [0.5, 0.6) is 0 Å². The summed E-state index contributed by atoms with van der Waals surface area (Å²) in [6.07, 6.45) is 4.98. The highest BCUT2D eigenvalue weighted by atomic mass is 16.2. The van der Waals surface area contributed by atoms with Crippen molar-refractivity contribution < 1.29 is 4.79 Å². The summed E-state index contributed by atoms with van der Waals surface area (Å²) in [6.45, 7) is 2.42. The van der Waals surface area contributed by atoms with E-state index in [0.717, 1.165) is 34.4 Å². The first-order valence-electron chi connectivity index (χ1n) is 10.1. The third kappa shape index (κ3) is 3.36. The number of urea groups is 1.